The highest BCUT2D eigenvalue weighted by molar-refractivity contribution is 5.72. The number of hydrogen-bond donors (Lipinski definition) is 0. The van der Waals surface area contributed by atoms with Gasteiger partial charge in [-0.2, -0.15) is 0 Å². The SMILES string of the molecule is Cc1cccc(Cn2c(=O)oc3cc(F)ccc32)c1. The second-order valence-corrected chi connectivity index (χ2v) is 4.56. The highest BCUT2D eigenvalue weighted by Gasteiger charge is 2.10. The Kier molecular flexibility index (Phi) is 2.71. The van der Waals surface area contributed by atoms with Gasteiger partial charge in [0, 0.05) is 6.07 Å². The lowest BCUT2D eigenvalue weighted by Crippen LogP contribution is -2.14. The van der Waals surface area contributed by atoms with Gasteiger partial charge >= 0.3 is 5.76 Å². The summed E-state index contributed by atoms with van der Waals surface area (Å²) in [4.78, 5) is 11.8. The minimum Gasteiger partial charge on any atom is -0.408 e. The van der Waals surface area contributed by atoms with Crippen molar-refractivity contribution in [3.05, 3.63) is 70.0 Å². The molecule has 3 nitrogen and oxygen atoms in total. The molecule has 0 saturated heterocycles. The highest BCUT2D eigenvalue weighted by Crippen LogP contribution is 2.16. The van der Waals surface area contributed by atoms with Crippen LogP contribution in [0.4, 0.5) is 4.39 Å². The molecular weight excluding hydrogens is 245 g/mol. The van der Waals surface area contributed by atoms with Crippen molar-refractivity contribution in [2.24, 2.45) is 0 Å². The largest absolute Gasteiger partial charge is 0.420 e. The van der Waals surface area contributed by atoms with Crippen molar-refractivity contribution in [1.82, 2.24) is 4.57 Å². The fourth-order valence-electron chi connectivity index (χ4n) is 2.18. The summed E-state index contributed by atoms with van der Waals surface area (Å²) in [6, 6.07) is 12.0. The van der Waals surface area contributed by atoms with Crippen LogP contribution in [0, 0.1) is 12.7 Å². The van der Waals surface area contributed by atoms with Crippen molar-refractivity contribution in [2.45, 2.75) is 13.5 Å². The van der Waals surface area contributed by atoms with E-state index in [-0.39, 0.29) is 5.58 Å². The average molecular weight is 257 g/mol. The fraction of sp³-hybridized carbons (Fsp3) is 0.133. The number of halogens is 1. The molecule has 0 aliphatic carbocycles. The maximum absolute atomic E-state index is 13.1. The second kappa shape index (κ2) is 4.39. The van der Waals surface area contributed by atoms with Crippen LogP contribution in [-0.4, -0.2) is 4.57 Å². The van der Waals surface area contributed by atoms with Crippen LogP contribution < -0.4 is 5.76 Å². The summed E-state index contributed by atoms with van der Waals surface area (Å²) in [5.41, 5.74) is 3.02. The predicted octanol–water partition coefficient (Wildman–Crippen LogP) is 3.09. The third-order valence-electron chi connectivity index (χ3n) is 3.05. The Morgan fingerprint density at radius 3 is 2.84 bits per heavy atom. The smallest absolute Gasteiger partial charge is 0.408 e. The van der Waals surface area contributed by atoms with Gasteiger partial charge in [-0.05, 0) is 24.6 Å². The average Bonchev–Trinajstić information content (AvgIpc) is 2.65. The first-order valence-corrected chi connectivity index (χ1v) is 5.98. The van der Waals surface area contributed by atoms with Crippen molar-refractivity contribution in [1.29, 1.82) is 0 Å². The molecule has 0 aliphatic rings. The second-order valence-electron chi connectivity index (χ2n) is 4.56. The van der Waals surface area contributed by atoms with Gasteiger partial charge in [0.1, 0.15) is 5.82 Å². The molecule has 0 spiro atoms. The number of oxazole rings is 1. The lowest BCUT2D eigenvalue weighted by molar-refractivity contribution is 0.515. The topological polar surface area (TPSA) is 35.1 Å². The first-order chi connectivity index (χ1) is 9.13. The molecule has 0 N–H and O–H groups in total. The predicted molar refractivity (Wildman–Crippen MR) is 70.7 cm³/mol. The van der Waals surface area contributed by atoms with Gasteiger partial charge in [0.05, 0.1) is 12.1 Å². The maximum atomic E-state index is 13.1. The van der Waals surface area contributed by atoms with E-state index in [9.17, 15) is 9.18 Å². The van der Waals surface area contributed by atoms with Crippen molar-refractivity contribution >= 4 is 11.1 Å². The molecule has 1 heterocycles. The van der Waals surface area contributed by atoms with Crippen LogP contribution in [0.3, 0.4) is 0 Å². The van der Waals surface area contributed by atoms with E-state index in [1.54, 1.807) is 6.07 Å². The van der Waals surface area contributed by atoms with E-state index < -0.39 is 11.6 Å². The van der Waals surface area contributed by atoms with Gasteiger partial charge in [0.25, 0.3) is 0 Å². The molecule has 3 rings (SSSR count). The number of nitrogens with zero attached hydrogens (tertiary/aromatic N) is 1. The lowest BCUT2D eigenvalue weighted by Gasteiger charge is -2.03. The zero-order valence-electron chi connectivity index (χ0n) is 10.4. The molecule has 0 aliphatic heterocycles. The molecule has 0 unspecified atom stereocenters. The quantitative estimate of drug-likeness (QED) is 0.707. The summed E-state index contributed by atoms with van der Waals surface area (Å²) in [5.74, 6) is -0.883. The zero-order chi connectivity index (χ0) is 13.4. The molecule has 0 atom stereocenters. The molecule has 0 amide bonds. The molecule has 0 saturated carbocycles. The minimum atomic E-state index is -0.470. The first kappa shape index (κ1) is 11.7. The fourth-order valence-corrected chi connectivity index (χ4v) is 2.18. The summed E-state index contributed by atoms with van der Waals surface area (Å²) >= 11 is 0. The van der Waals surface area contributed by atoms with Gasteiger partial charge in [-0.3, -0.25) is 4.57 Å². The molecule has 4 heteroatoms. The van der Waals surface area contributed by atoms with Crippen LogP contribution in [0.5, 0.6) is 0 Å². The molecule has 0 radical (unpaired) electrons. The van der Waals surface area contributed by atoms with E-state index in [0.717, 1.165) is 11.1 Å². The lowest BCUT2D eigenvalue weighted by atomic mass is 10.1. The van der Waals surface area contributed by atoms with E-state index in [4.69, 9.17) is 4.42 Å². The van der Waals surface area contributed by atoms with Gasteiger partial charge in [-0.15, -0.1) is 0 Å². The van der Waals surface area contributed by atoms with E-state index in [1.807, 2.05) is 31.2 Å². The molecular formula is C15H12FNO2. The Morgan fingerprint density at radius 1 is 1.21 bits per heavy atom. The molecule has 96 valence electrons. The van der Waals surface area contributed by atoms with E-state index in [2.05, 4.69) is 0 Å². The Hall–Kier alpha value is -2.36. The monoisotopic (exact) mass is 257 g/mol. The summed E-state index contributed by atoms with van der Waals surface area (Å²) in [6.45, 7) is 2.41. The molecule has 3 aromatic rings. The number of fused-ring (bicyclic) bond motifs is 1. The third-order valence-corrected chi connectivity index (χ3v) is 3.05. The standard InChI is InChI=1S/C15H12FNO2/c1-10-3-2-4-11(7-10)9-17-13-6-5-12(16)8-14(13)19-15(17)18/h2-8H,9H2,1H3. The molecule has 0 bridgehead atoms. The number of rotatable bonds is 2. The van der Waals surface area contributed by atoms with Crippen molar-refractivity contribution in [3.8, 4) is 0 Å². The maximum Gasteiger partial charge on any atom is 0.420 e. The molecule has 0 fully saturated rings. The minimum absolute atomic E-state index is 0.276. The number of benzene rings is 2. The van der Waals surface area contributed by atoms with Crippen LogP contribution in [0.1, 0.15) is 11.1 Å². The van der Waals surface area contributed by atoms with E-state index >= 15 is 0 Å². The van der Waals surface area contributed by atoms with Crippen LogP contribution in [0.25, 0.3) is 11.1 Å². The van der Waals surface area contributed by atoms with Crippen LogP contribution in [-0.2, 0) is 6.54 Å². The van der Waals surface area contributed by atoms with Gasteiger partial charge in [-0.25, -0.2) is 9.18 Å². The van der Waals surface area contributed by atoms with Gasteiger partial charge in [0.15, 0.2) is 5.58 Å². The van der Waals surface area contributed by atoms with Gasteiger partial charge < -0.3 is 4.42 Å². The molecule has 1 aromatic heterocycles. The Morgan fingerprint density at radius 2 is 2.05 bits per heavy atom. The van der Waals surface area contributed by atoms with Crippen LogP contribution in [0.2, 0.25) is 0 Å². The van der Waals surface area contributed by atoms with Crippen LogP contribution in [0.15, 0.2) is 51.7 Å². The molecule has 19 heavy (non-hydrogen) atoms. The third kappa shape index (κ3) is 2.17. The van der Waals surface area contributed by atoms with Gasteiger partial charge in [0.2, 0.25) is 0 Å². The normalized spacial score (nSPS) is 11.1. The number of aryl methyl sites for hydroxylation is 1. The van der Waals surface area contributed by atoms with E-state index in [1.165, 1.54) is 16.7 Å². The number of hydrogen-bond acceptors (Lipinski definition) is 2. The summed E-state index contributed by atoms with van der Waals surface area (Å²) in [5, 5.41) is 0. The van der Waals surface area contributed by atoms with Gasteiger partial charge in [-0.1, -0.05) is 29.8 Å². The highest BCUT2D eigenvalue weighted by atomic mass is 19.1. The van der Waals surface area contributed by atoms with Crippen molar-refractivity contribution in [2.75, 3.05) is 0 Å². The zero-order valence-corrected chi connectivity index (χ0v) is 10.4. The Bertz CT molecular complexity index is 801. The summed E-state index contributed by atoms with van der Waals surface area (Å²) in [7, 11) is 0. The Labute approximate surface area is 108 Å². The van der Waals surface area contributed by atoms with Crippen LogP contribution >= 0.6 is 0 Å². The Balaban J connectivity index is 2.10. The first-order valence-electron chi connectivity index (χ1n) is 5.98. The summed E-state index contributed by atoms with van der Waals surface area (Å²) < 4.78 is 19.6. The molecule has 2 aromatic carbocycles. The van der Waals surface area contributed by atoms with Crippen molar-refractivity contribution < 1.29 is 8.81 Å². The van der Waals surface area contributed by atoms with Crippen molar-refractivity contribution in [3.63, 3.8) is 0 Å². The van der Waals surface area contributed by atoms with E-state index in [0.29, 0.717) is 12.1 Å². The number of aromatic nitrogens is 1. The summed E-state index contributed by atoms with van der Waals surface area (Å²) in [6.07, 6.45) is 0.